The number of carbonyl (C=O) groups is 1. The largest absolute Gasteiger partial charge is 0.298 e. The summed E-state index contributed by atoms with van der Waals surface area (Å²) in [7, 11) is 0. The van der Waals surface area contributed by atoms with Crippen molar-refractivity contribution >= 4 is 5.78 Å². The summed E-state index contributed by atoms with van der Waals surface area (Å²) in [5, 5.41) is 0. The minimum Gasteiger partial charge on any atom is -0.298 e. The highest BCUT2D eigenvalue weighted by Crippen LogP contribution is 2.36. The van der Waals surface area contributed by atoms with E-state index in [4.69, 9.17) is 0 Å². The van der Waals surface area contributed by atoms with Crippen LogP contribution in [0.4, 0.5) is 4.39 Å². The van der Waals surface area contributed by atoms with Gasteiger partial charge in [-0.05, 0) is 44.4 Å². The van der Waals surface area contributed by atoms with Crippen LogP contribution in [0.2, 0.25) is 0 Å². The molecule has 2 heteroatoms. The summed E-state index contributed by atoms with van der Waals surface area (Å²) in [6.45, 7) is 3.86. The Labute approximate surface area is 95.7 Å². The molecule has 0 N–H and O–H groups in total. The lowest BCUT2D eigenvalue weighted by molar-refractivity contribution is -0.129. The zero-order chi connectivity index (χ0) is 11.8. The van der Waals surface area contributed by atoms with Crippen LogP contribution in [0.15, 0.2) is 24.3 Å². The SMILES string of the molecule is CC(C)(C(=O)C1CCC1)c1ccc(F)cc1. The smallest absolute Gasteiger partial charge is 0.145 e. The van der Waals surface area contributed by atoms with Gasteiger partial charge in [0.25, 0.3) is 0 Å². The molecule has 1 aliphatic carbocycles. The molecule has 1 fully saturated rings. The minimum absolute atomic E-state index is 0.222. The van der Waals surface area contributed by atoms with E-state index >= 15 is 0 Å². The van der Waals surface area contributed by atoms with E-state index < -0.39 is 5.41 Å². The van der Waals surface area contributed by atoms with Crippen LogP contribution < -0.4 is 0 Å². The molecule has 0 unspecified atom stereocenters. The van der Waals surface area contributed by atoms with Crippen molar-refractivity contribution in [3.8, 4) is 0 Å². The maximum absolute atomic E-state index is 12.8. The first kappa shape index (κ1) is 11.3. The molecule has 0 radical (unpaired) electrons. The Bertz CT molecular complexity index is 388. The van der Waals surface area contributed by atoms with Crippen molar-refractivity contribution in [2.75, 3.05) is 0 Å². The van der Waals surface area contributed by atoms with Crippen molar-refractivity contribution in [2.45, 2.75) is 38.5 Å². The highest BCUT2D eigenvalue weighted by molar-refractivity contribution is 5.91. The number of benzene rings is 1. The predicted octanol–water partition coefficient (Wildman–Crippen LogP) is 3.47. The molecule has 1 aromatic carbocycles. The van der Waals surface area contributed by atoms with Crippen LogP contribution in [0.3, 0.4) is 0 Å². The van der Waals surface area contributed by atoms with Crippen molar-refractivity contribution < 1.29 is 9.18 Å². The van der Waals surface area contributed by atoms with E-state index in [2.05, 4.69) is 0 Å². The Morgan fingerprint density at radius 1 is 1.25 bits per heavy atom. The first-order valence-corrected chi connectivity index (χ1v) is 5.82. The lowest BCUT2D eigenvalue weighted by Crippen LogP contribution is -2.37. The normalized spacial score (nSPS) is 16.9. The maximum Gasteiger partial charge on any atom is 0.145 e. The van der Waals surface area contributed by atoms with E-state index in [1.54, 1.807) is 12.1 Å². The van der Waals surface area contributed by atoms with Crippen LogP contribution in [-0.4, -0.2) is 5.78 Å². The number of ketones is 1. The maximum atomic E-state index is 12.8. The molecule has 16 heavy (non-hydrogen) atoms. The molecule has 0 atom stereocenters. The fourth-order valence-corrected chi connectivity index (χ4v) is 2.19. The molecule has 0 amide bonds. The third-order valence-electron chi connectivity index (χ3n) is 3.66. The van der Waals surface area contributed by atoms with E-state index in [1.807, 2.05) is 13.8 Å². The standard InChI is InChI=1S/C14H17FO/c1-14(2,13(16)10-4-3-5-10)11-6-8-12(15)9-7-11/h6-10H,3-5H2,1-2H3. The average Bonchev–Trinajstić information content (AvgIpc) is 2.15. The van der Waals surface area contributed by atoms with E-state index in [9.17, 15) is 9.18 Å². The fourth-order valence-electron chi connectivity index (χ4n) is 2.19. The third kappa shape index (κ3) is 1.89. The van der Waals surface area contributed by atoms with Crippen molar-refractivity contribution in [3.63, 3.8) is 0 Å². The second-order valence-electron chi connectivity index (χ2n) is 5.12. The fraction of sp³-hybridized carbons (Fsp3) is 0.500. The van der Waals surface area contributed by atoms with E-state index in [-0.39, 0.29) is 11.7 Å². The monoisotopic (exact) mass is 220 g/mol. The molecule has 0 aliphatic heterocycles. The molecule has 0 aromatic heterocycles. The second kappa shape index (κ2) is 4.00. The Morgan fingerprint density at radius 3 is 2.25 bits per heavy atom. The van der Waals surface area contributed by atoms with Gasteiger partial charge in [-0.1, -0.05) is 18.6 Å². The van der Waals surface area contributed by atoms with Crippen LogP contribution in [0.25, 0.3) is 0 Å². The number of hydrogen-bond acceptors (Lipinski definition) is 1. The average molecular weight is 220 g/mol. The first-order chi connectivity index (χ1) is 7.51. The summed E-state index contributed by atoms with van der Waals surface area (Å²) in [5.74, 6) is 0.265. The van der Waals surface area contributed by atoms with Gasteiger partial charge >= 0.3 is 0 Å². The molecule has 86 valence electrons. The molecule has 1 nitrogen and oxygen atoms in total. The van der Waals surface area contributed by atoms with Gasteiger partial charge in [0.1, 0.15) is 11.6 Å². The molecule has 0 saturated heterocycles. The lowest BCUT2D eigenvalue weighted by atomic mass is 9.69. The molecular formula is C14H17FO. The summed E-state index contributed by atoms with van der Waals surface area (Å²) in [5.41, 5.74) is 0.421. The van der Waals surface area contributed by atoms with E-state index in [0.29, 0.717) is 5.78 Å². The molecule has 0 spiro atoms. The Hall–Kier alpha value is -1.18. The van der Waals surface area contributed by atoms with Gasteiger partial charge in [-0.2, -0.15) is 0 Å². The Balaban J connectivity index is 2.23. The minimum atomic E-state index is -0.487. The molecule has 2 rings (SSSR count). The Kier molecular flexibility index (Phi) is 2.83. The van der Waals surface area contributed by atoms with Gasteiger partial charge in [0, 0.05) is 11.3 Å². The highest BCUT2D eigenvalue weighted by Gasteiger charge is 2.37. The molecular weight excluding hydrogens is 203 g/mol. The van der Waals surface area contributed by atoms with E-state index in [0.717, 1.165) is 24.8 Å². The second-order valence-corrected chi connectivity index (χ2v) is 5.12. The van der Waals surface area contributed by atoms with Gasteiger partial charge in [-0.15, -0.1) is 0 Å². The topological polar surface area (TPSA) is 17.1 Å². The summed E-state index contributed by atoms with van der Waals surface area (Å²) < 4.78 is 12.8. The van der Waals surface area contributed by atoms with Crippen molar-refractivity contribution in [1.82, 2.24) is 0 Å². The van der Waals surface area contributed by atoms with Crippen molar-refractivity contribution in [3.05, 3.63) is 35.6 Å². The molecule has 1 aliphatic rings. The molecule has 0 heterocycles. The zero-order valence-corrected chi connectivity index (χ0v) is 9.79. The van der Waals surface area contributed by atoms with Crippen molar-refractivity contribution in [2.24, 2.45) is 5.92 Å². The predicted molar refractivity (Wildman–Crippen MR) is 61.8 cm³/mol. The number of Topliss-reactive ketones (excluding diaryl/α,β-unsaturated/α-hetero) is 1. The summed E-state index contributed by atoms with van der Waals surface area (Å²) in [6.07, 6.45) is 3.20. The van der Waals surface area contributed by atoms with Crippen LogP contribution in [0.5, 0.6) is 0 Å². The number of rotatable bonds is 3. The highest BCUT2D eigenvalue weighted by atomic mass is 19.1. The molecule has 0 bridgehead atoms. The van der Waals surface area contributed by atoms with Gasteiger partial charge < -0.3 is 0 Å². The first-order valence-electron chi connectivity index (χ1n) is 5.82. The van der Waals surface area contributed by atoms with Gasteiger partial charge in [-0.3, -0.25) is 4.79 Å². The van der Waals surface area contributed by atoms with Gasteiger partial charge in [-0.25, -0.2) is 4.39 Å². The van der Waals surface area contributed by atoms with Crippen LogP contribution in [0, 0.1) is 11.7 Å². The van der Waals surface area contributed by atoms with Crippen LogP contribution >= 0.6 is 0 Å². The molecule has 1 aromatic rings. The lowest BCUT2D eigenvalue weighted by Gasteiger charge is -2.33. The number of carbonyl (C=O) groups excluding carboxylic acids is 1. The summed E-state index contributed by atoms with van der Waals surface area (Å²) >= 11 is 0. The van der Waals surface area contributed by atoms with Crippen LogP contribution in [0.1, 0.15) is 38.7 Å². The molecule has 1 saturated carbocycles. The quantitative estimate of drug-likeness (QED) is 0.762. The van der Waals surface area contributed by atoms with Gasteiger partial charge in [0.05, 0.1) is 0 Å². The van der Waals surface area contributed by atoms with Crippen molar-refractivity contribution in [1.29, 1.82) is 0 Å². The number of halogens is 1. The third-order valence-corrected chi connectivity index (χ3v) is 3.66. The Morgan fingerprint density at radius 2 is 1.81 bits per heavy atom. The number of hydrogen-bond donors (Lipinski definition) is 0. The van der Waals surface area contributed by atoms with Gasteiger partial charge in [0.15, 0.2) is 0 Å². The summed E-state index contributed by atoms with van der Waals surface area (Å²) in [4.78, 5) is 12.2. The van der Waals surface area contributed by atoms with Crippen LogP contribution in [-0.2, 0) is 10.2 Å². The summed E-state index contributed by atoms with van der Waals surface area (Å²) in [6, 6.07) is 6.27. The zero-order valence-electron chi connectivity index (χ0n) is 9.79. The van der Waals surface area contributed by atoms with E-state index in [1.165, 1.54) is 12.1 Å². The van der Waals surface area contributed by atoms with Gasteiger partial charge in [0.2, 0.25) is 0 Å².